The lowest BCUT2D eigenvalue weighted by molar-refractivity contribution is 0.0583. The number of hydrogen-bond donors (Lipinski definition) is 0. The van der Waals surface area contributed by atoms with Crippen LogP contribution in [0.2, 0.25) is 0 Å². The van der Waals surface area contributed by atoms with E-state index in [-0.39, 0.29) is 6.09 Å². The molecule has 1 rings (SSSR count). The van der Waals surface area contributed by atoms with Gasteiger partial charge in [0.1, 0.15) is 11.4 Å². The second-order valence-electron chi connectivity index (χ2n) is 5.90. The highest BCUT2D eigenvalue weighted by Gasteiger charge is 2.23. The molecular formula is C17H25NO3. The SMILES string of the molecule is C/C=C(\C)CN(C(=O)OC(C)(C)C)c1ccc(OC)cc1. The van der Waals surface area contributed by atoms with Crippen LogP contribution in [0.15, 0.2) is 35.9 Å². The van der Waals surface area contributed by atoms with Gasteiger partial charge in [-0.25, -0.2) is 4.79 Å². The van der Waals surface area contributed by atoms with E-state index in [1.165, 1.54) is 0 Å². The van der Waals surface area contributed by atoms with Crippen LogP contribution in [0.3, 0.4) is 0 Å². The smallest absolute Gasteiger partial charge is 0.415 e. The van der Waals surface area contributed by atoms with E-state index in [4.69, 9.17) is 9.47 Å². The molecule has 0 aliphatic rings. The Morgan fingerprint density at radius 1 is 1.24 bits per heavy atom. The number of hydrogen-bond acceptors (Lipinski definition) is 3. The monoisotopic (exact) mass is 291 g/mol. The third-order valence-corrected chi connectivity index (χ3v) is 2.90. The molecule has 1 aromatic rings. The Labute approximate surface area is 127 Å². The summed E-state index contributed by atoms with van der Waals surface area (Å²) in [6.45, 7) is 10.0. The van der Waals surface area contributed by atoms with Gasteiger partial charge in [-0.05, 0) is 58.9 Å². The van der Waals surface area contributed by atoms with E-state index < -0.39 is 5.60 Å². The lowest BCUT2D eigenvalue weighted by atomic mass is 10.2. The highest BCUT2D eigenvalue weighted by molar-refractivity contribution is 5.88. The topological polar surface area (TPSA) is 38.8 Å². The second kappa shape index (κ2) is 7.16. The van der Waals surface area contributed by atoms with Crippen LogP contribution in [0.5, 0.6) is 5.75 Å². The normalized spacial score (nSPS) is 12.0. The number of allylic oxidation sites excluding steroid dienone is 1. The van der Waals surface area contributed by atoms with Crippen molar-refractivity contribution in [2.75, 3.05) is 18.6 Å². The van der Waals surface area contributed by atoms with Gasteiger partial charge in [-0.2, -0.15) is 0 Å². The number of amides is 1. The number of carbonyl (C=O) groups excluding carboxylic acids is 1. The first-order valence-electron chi connectivity index (χ1n) is 7.03. The number of methoxy groups -OCH3 is 1. The van der Waals surface area contributed by atoms with E-state index >= 15 is 0 Å². The van der Waals surface area contributed by atoms with Gasteiger partial charge in [0.15, 0.2) is 0 Å². The molecule has 4 heteroatoms. The number of nitrogens with zero attached hydrogens (tertiary/aromatic N) is 1. The van der Waals surface area contributed by atoms with Gasteiger partial charge >= 0.3 is 6.09 Å². The summed E-state index contributed by atoms with van der Waals surface area (Å²) in [6.07, 6.45) is 1.63. The van der Waals surface area contributed by atoms with Crippen molar-refractivity contribution in [1.29, 1.82) is 0 Å². The Hall–Kier alpha value is -1.97. The number of carbonyl (C=O) groups is 1. The molecule has 0 saturated carbocycles. The van der Waals surface area contributed by atoms with Crippen molar-refractivity contribution in [2.24, 2.45) is 0 Å². The summed E-state index contributed by atoms with van der Waals surface area (Å²) >= 11 is 0. The largest absolute Gasteiger partial charge is 0.497 e. The fourth-order valence-corrected chi connectivity index (χ4v) is 1.68. The Bertz CT molecular complexity index is 498. The van der Waals surface area contributed by atoms with Gasteiger partial charge in [0.2, 0.25) is 0 Å². The molecule has 0 atom stereocenters. The van der Waals surface area contributed by atoms with Gasteiger partial charge in [0.05, 0.1) is 7.11 Å². The zero-order valence-corrected chi connectivity index (χ0v) is 13.8. The highest BCUT2D eigenvalue weighted by Crippen LogP contribution is 2.22. The Morgan fingerprint density at radius 2 is 1.81 bits per heavy atom. The van der Waals surface area contributed by atoms with Crippen molar-refractivity contribution in [3.8, 4) is 5.75 Å². The van der Waals surface area contributed by atoms with Crippen LogP contribution < -0.4 is 9.64 Å². The maximum atomic E-state index is 12.4. The summed E-state index contributed by atoms with van der Waals surface area (Å²) in [6, 6.07) is 7.37. The molecule has 0 aliphatic heterocycles. The molecule has 116 valence electrons. The van der Waals surface area contributed by atoms with Crippen LogP contribution in [0.25, 0.3) is 0 Å². The summed E-state index contributed by atoms with van der Waals surface area (Å²) in [5.74, 6) is 0.755. The zero-order valence-electron chi connectivity index (χ0n) is 13.8. The summed E-state index contributed by atoms with van der Waals surface area (Å²) in [5.41, 5.74) is 1.36. The van der Waals surface area contributed by atoms with Crippen LogP contribution in [0.1, 0.15) is 34.6 Å². The summed E-state index contributed by atoms with van der Waals surface area (Å²) in [5, 5.41) is 0. The average molecular weight is 291 g/mol. The molecule has 0 aromatic heterocycles. The molecule has 1 amide bonds. The predicted molar refractivity (Wildman–Crippen MR) is 86.0 cm³/mol. The van der Waals surface area contributed by atoms with E-state index in [0.717, 1.165) is 17.0 Å². The summed E-state index contributed by atoms with van der Waals surface area (Å²) < 4.78 is 10.6. The van der Waals surface area contributed by atoms with Gasteiger partial charge in [0, 0.05) is 12.2 Å². The zero-order chi connectivity index (χ0) is 16.0. The van der Waals surface area contributed by atoms with Crippen LogP contribution in [0, 0.1) is 0 Å². The molecule has 0 unspecified atom stereocenters. The Morgan fingerprint density at radius 3 is 2.24 bits per heavy atom. The van der Waals surface area contributed by atoms with Crippen molar-refractivity contribution in [2.45, 2.75) is 40.2 Å². The molecule has 0 spiro atoms. The van der Waals surface area contributed by atoms with Gasteiger partial charge in [-0.3, -0.25) is 4.90 Å². The van der Waals surface area contributed by atoms with E-state index in [1.807, 2.05) is 65.0 Å². The van der Waals surface area contributed by atoms with Crippen LogP contribution in [-0.2, 0) is 4.74 Å². The molecule has 0 radical (unpaired) electrons. The summed E-state index contributed by atoms with van der Waals surface area (Å²) in [7, 11) is 1.62. The fourth-order valence-electron chi connectivity index (χ4n) is 1.68. The third kappa shape index (κ3) is 5.50. The van der Waals surface area contributed by atoms with Crippen molar-refractivity contribution in [3.63, 3.8) is 0 Å². The van der Waals surface area contributed by atoms with Gasteiger partial charge < -0.3 is 9.47 Å². The quantitative estimate of drug-likeness (QED) is 0.772. The first-order chi connectivity index (χ1) is 9.76. The number of ether oxygens (including phenoxy) is 2. The predicted octanol–water partition coefficient (Wildman–Crippen LogP) is 4.40. The minimum atomic E-state index is -0.522. The minimum absolute atomic E-state index is 0.353. The lowest BCUT2D eigenvalue weighted by Crippen LogP contribution is -2.37. The molecule has 4 nitrogen and oxygen atoms in total. The third-order valence-electron chi connectivity index (χ3n) is 2.90. The van der Waals surface area contributed by atoms with Crippen LogP contribution in [-0.4, -0.2) is 25.3 Å². The van der Waals surface area contributed by atoms with Gasteiger partial charge in [-0.15, -0.1) is 0 Å². The van der Waals surface area contributed by atoms with Crippen LogP contribution in [0.4, 0.5) is 10.5 Å². The molecule has 0 fully saturated rings. The molecule has 0 N–H and O–H groups in total. The first kappa shape index (κ1) is 17.1. The molecule has 21 heavy (non-hydrogen) atoms. The van der Waals surface area contributed by atoms with E-state index in [2.05, 4.69) is 0 Å². The van der Waals surface area contributed by atoms with Crippen molar-refractivity contribution in [3.05, 3.63) is 35.9 Å². The number of anilines is 1. The molecule has 1 aromatic carbocycles. The Balaban J connectivity index is 3.03. The van der Waals surface area contributed by atoms with E-state index in [0.29, 0.717) is 6.54 Å². The van der Waals surface area contributed by atoms with Gasteiger partial charge in [0.25, 0.3) is 0 Å². The second-order valence-corrected chi connectivity index (χ2v) is 5.90. The maximum absolute atomic E-state index is 12.4. The number of benzene rings is 1. The summed E-state index contributed by atoms with van der Waals surface area (Å²) in [4.78, 5) is 14.0. The van der Waals surface area contributed by atoms with Crippen molar-refractivity contribution in [1.82, 2.24) is 0 Å². The van der Waals surface area contributed by atoms with E-state index in [1.54, 1.807) is 12.0 Å². The Kier molecular flexibility index (Phi) is 5.82. The maximum Gasteiger partial charge on any atom is 0.415 e. The van der Waals surface area contributed by atoms with Crippen LogP contribution >= 0.6 is 0 Å². The molecule has 0 aliphatic carbocycles. The van der Waals surface area contributed by atoms with Gasteiger partial charge in [-0.1, -0.05) is 11.6 Å². The lowest BCUT2D eigenvalue weighted by Gasteiger charge is -2.27. The standard InChI is InChI=1S/C17H25NO3/c1-7-13(2)12-18(16(19)21-17(3,4)5)14-8-10-15(20-6)11-9-14/h7-11H,12H2,1-6H3/b13-7+. The number of rotatable bonds is 4. The van der Waals surface area contributed by atoms with Crippen molar-refractivity contribution >= 4 is 11.8 Å². The molecule has 0 heterocycles. The van der Waals surface area contributed by atoms with E-state index in [9.17, 15) is 4.79 Å². The minimum Gasteiger partial charge on any atom is -0.497 e. The molecule has 0 saturated heterocycles. The van der Waals surface area contributed by atoms with Crippen molar-refractivity contribution < 1.29 is 14.3 Å². The average Bonchev–Trinajstić information content (AvgIpc) is 2.42. The molecule has 0 bridgehead atoms. The molecular weight excluding hydrogens is 266 g/mol. The highest BCUT2D eigenvalue weighted by atomic mass is 16.6. The first-order valence-corrected chi connectivity index (χ1v) is 7.03. The fraction of sp³-hybridized carbons (Fsp3) is 0.471.